The number of allylic oxidation sites excluding steroid dienone is 1. The number of anilines is 2. The van der Waals surface area contributed by atoms with Gasteiger partial charge in [0.1, 0.15) is 29.4 Å². The molecule has 6 rings (SSSR count). The summed E-state index contributed by atoms with van der Waals surface area (Å²) < 4.78 is 33.7. The van der Waals surface area contributed by atoms with Crippen LogP contribution in [0, 0.1) is 5.41 Å². The van der Waals surface area contributed by atoms with Gasteiger partial charge in [-0.3, -0.25) is 24.0 Å². The number of para-hydroxylation sites is 2. The lowest BCUT2D eigenvalue weighted by Gasteiger charge is -2.37. The van der Waals surface area contributed by atoms with Crippen LogP contribution in [0.15, 0.2) is 76.4 Å². The number of ketones is 1. The largest absolute Gasteiger partial charge is 0.506 e. The van der Waals surface area contributed by atoms with Gasteiger partial charge in [0.2, 0.25) is 21.8 Å². The Labute approximate surface area is 279 Å². The predicted octanol–water partition coefficient (Wildman–Crippen LogP) is 6.74. The van der Waals surface area contributed by atoms with Gasteiger partial charge < -0.3 is 15.2 Å². The maximum atomic E-state index is 14.2. The number of aromatic hydroxyl groups is 1. The molecule has 1 unspecified atom stereocenters. The molecule has 3 aromatic carbocycles. The number of nitrogens with zero attached hydrogens (tertiary/aromatic N) is 1. The highest BCUT2D eigenvalue weighted by molar-refractivity contribution is 9.10. The lowest BCUT2D eigenvalue weighted by atomic mass is 9.73. The molecular weight excluding hydrogens is 698 g/mol. The number of phenols is 1. The molecule has 13 heteroatoms. The second-order valence-electron chi connectivity index (χ2n) is 12.5. The van der Waals surface area contributed by atoms with E-state index in [0.29, 0.717) is 42.0 Å². The van der Waals surface area contributed by atoms with Crippen molar-refractivity contribution in [1.82, 2.24) is 4.72 Å². The molecule has 10 nitrogen and oxygen atoms in total. The van der Waals surface area contributed by atoms with Crippen molar-refractivity contribution in [3.05, 3.63) is 87.0 Å². The van der Waals surface area contributed by atoms with Gasteiger partial charge in [-0.05, 0) is 82.6 Å². The van der Waals surface area contributed by atoms with Crippen LogP contribution in [0.5, 0.6) is 17.2 Å². The highest BCUT2D eigenvalue weighted by Gasteiger charge is 2.45. The Kier molecular flexibility index (Phi) is 8.41. The third kappa shape index (κ3) is 6.38. The monoisotopic (exact) mass is 727 g/mol. The Morgan fingerprint density at radius 2 is 1.85 bits per heavy atom. The van der Waals surface area contributed by atoms with Gasteiger partial charge in [-0.25, -0.2) is 8.42 Å². The summed E-state index contributed by atoms with van der Waals surface area (Å²) in [6, 6.07) is 15.6. The number of carbonyl (C=O) groups is 3. The van der Waals surface area contributed by atoms with Gasteiger partial charge in [0.25, 0.3) is 0 Å². The van der Waals surface area contributed by atoms with Crippen molar-refractivity contribution in [3.8, 4) is 17.2 Å². The lowest BCUT2D eigenvalue weighted by Crippen LogP contribution is -2.42. The molecule has 46 heavy (non-hydrogen) atoms. The average Bonchev–Trinajstić information content (AvgIpc) is 3.81. The summed E-state index contributed by atoms with van der Waals surface area (Å²) in [6.07, 6.45) is 0.646. The second-order valence-corrected chi connectivity index (χ2v) is 15.7. The molecule has 3 aliphatic rings. The standard InChI is InChI=1S/C33H31BrClN3O7S/c1-33(2)16-23-30(26(40)17-33)32(20-13-10-18(14-22(20)35)45-27-9-4-3-6-21(27)34)38(24-7-5-8-25(39)31(24)36-23)29(42)15-28(41)37-46(43,44)19-11-12-19/h3-10,13-14,19,32,36,39H,11-12,15-17H2,1-2H3,(H,37,41). The maximum absolute atomic E-state index is 14.2. The Morgan fingerprint density at radius 1 is 1.11 bits per heavy atom. The van der Waals surface area contributed by atoms with Gasteiger partial charge in [0, 0.05) is 22.7 Å². The van der Waals surface area contributed by atoms with E-state index < -0.39 is 45.0 Å². The van der Waals surface area contributed by atoms with Crippen molar-refractivity contribution in [3.63, 3.8) is 0 Å². The zero-order chi connectivity index (χ0) is 33.0. The molecular formula is C33H31BrClN3O7S. The number of Topliss-reactive ketones (excluding diaryl/α,β-unsaturated/α-hetero) is 1. The van der Waals surface area contributed by atoms with Gasteiger partial charge in [-0.1, -0.05) is 49.7 Å². The smallest absolute Gasteiger partial charge is 0.242 e. The SMILES string of the molecule is CC1(C)CC(=O)C2=C(C1)Nc1c(O)cccc1N(C(=O)CC(=O)NS(=O)(=O)C1CC1)C2c1ccc(Oc2ccccc2Br)cc1Cl. The van der Waals surface area contributed by atoms with Crippen LogP contribution >= 0.6 is 27.5 Å². The van der Waals surface area contributed by atoms with Crippen LogP contribution in [0.3, 0.4) is 0 Å². The number of amides is 2. The molecule has 0 spiro atoms. The molecule has 1 aliphatic heterocycles. The molecule has 240 valence electrons. The van der Waals surface area contributed by atoms with Crippen molar-refractivity contribution in [2.24, 2.45) is 5.41 Å². The highest BCUT2D eigenvalue weighted by Crippen LogP contribution is 2.51. The van der Waals surface area contributed by atoms with E-state index in [2.05, 4.69) is 21.2 Å². The number of sulfonamides is 1. The van der Waals surface area contributed by atoms with Crippen LogP contribution in [0.2, 0.25) is 5.02 Å². The summed E-state index contributed by atoms with van der Waals surface area (Å²) in [5.41, 5.74) is 1.08. The first-order valence-electron chi connectivity index (χ1n) is 14.7. The van der Waals surface area contributed by atoms with Crippen molar-refractivity contribution < 1.29 is 32.6 Å². The molecule has 3 N–H and O–H groups in total. The first kappa shape index (κ1) is 32.1. The lowest BCUT2D eigenvalue weighted by molar-refractivity contribution is -0.127. The van der Waals surface area contributed by atoms with E-state index in [0.717, 1.165) is 4.47 Å². The Hall–Kier alpha value is -3.87. The fraction of sp³-hybridized carbons (Fsp3) is 0.303. The molecule has 3 aromatic rings. The van der Waals surface area contributed by atoms with Crippen LogP contribution < -0.4 is 19.7 Å². The molecule has 1 atom stereocenters. The molecule has 0 aromatic heterocycles. The van der Waals surface area contributed by atoms with Crippen molar-refractivity contribution in [2.45, 2.75) is 57.2 Å². The quantitative estimate of drug-likeness (QED) is 0.179. The Balaban J connectivity index is 1.48. The van der Waals surface area contributed by atoms with Crippen LogP contribution in [0.1, 0.15) is 57.6 Å². The van der Waals surface area contributed by atoms with E-state index >= 15 is 0 Å². The third-order valence-corrected chi connectivity index (χ3v) is 11.0. The molecule has 1 fully saturated rings. The fourth-order valence-electron chi connectivity index (χ4n) is 5.94. The van der Waals surface area contributed by atoms with E-state index in [-0.39, 0.29) is 39.9 Å². The minimum atomic E-state index is -3.91. The Bertz CT molecular complexity index is 1920. The number of halogens is 2. The first-order valence-corrected chi connectivity index (χ1v) is 17.4. The minimum Gasteiger partial charge on any atom is -0.506 e. The molecule has 0 radical (unpaired) electrons. The second kappa shape index (κ2) is 12.1. The maximum Gasteiger partial charge on any atom is 0.242 e. The number of fused-ring (bicyclic) bond motifs is 1. The van der Waals surface area contributed by atoms with Gasteiger partial charge in [-0.15, -0.1) is 0 Å². The number of benzene rings is 3. The molecule has 0 bridgehead atoms. The van der Waals surface area contributed by atoms with E-state index in [1.807, 2.05) is 36.8 Å². The van der Waals surface area contributed by atoms with E-state index in [1.165, 1.54) is 17.0 Å². The summed E-state index contributed by atoms with van der Waals surface area (Å²) in [4.78, 5) is 42.4. The molecule has 1 saturated carbocycles. The summed E-state index contributed by atoms with van der Waals surface area (Å²) in [5, 5.41) is 13.7. The molecule has 2 amide bonds. The van der Waals surface area contributed by atoms with Crippen molar-refractivity contribution >= 4 is 66.5 Å². The number of rotatable bonds is 7. The zero-order valence-electron chi connectivity index (χ0n) is 25.0. The zero-order valence-corrected chi connectivity index (χ0v) is 28.1. The Morgan fingerprint density at radius 3 is 2.54 bits per heavy atom. The molecule has 2 aliphatic carbocycles. The van der Waals surface area contributed by atoms with Gasteiger partial charge in [0.05, 0.1) is 21.5 Å². The van der Waals surface area contributed by atoms with Gasteiger partial charge in [-0.2, -0.15) is 0 Å². The van der Waals surface area contributed by atoms with Crippen molar-refractivity contribution in [1.29, 1.82) is 0 Å². The normalized spacial score (nSPS) is 19.0. The molecule has 0 saturated heterocycles. The van der Waals surface area contributed by atoms with Gasteiger partial charge in [0.15, 0.2) is 5.78 Å². The van der Waals surface area contributed by atoms with Crippen LogP contribution in [-0.2, 0) is 24.4 Å². The minimum absolute atomic E-state index is 0.173. The third-order valence-electron chi connectivity index (χ3n) is 8.14. The summed E-state index contributed by atoms with van der Waals surface area (Å²) in [5.74, 6) is -1.26. The van der Waals surface area contributed by atoms with Gasteiger partial charge >= 0.3 is 0 Å². The number of phenolic OH excluding ortho intramolecular Hbond substituents is 1. The summed E-state index contributed by atoms with van der Waals surface area (Å²) >= 11 is 10.4. The predicted molar refractivity (Wildman–Crippen MR) is 177 cm³/mol. The fourth-order valence-corrected chi connectivity index (χ4v) is 7.89. The number of hydrogen-bond donors (Lipinski definition) is 3. The summed E-state index contributed by atoms with van der Waals surface area (Å²) in [6.45, 7) is 3.91. The summed E-state index contributed by atoms with van der Waals surface area (Å²) in [7, 11) is -3.91. The van der Waals surface area contributed by atoms with Crippen LogP contribution in [0.4, 0.5) is 11.4 Å². The number of nitrogens with one attached hydrogen (secondary N) is 2. The number of hydrogen-bond acceptors (Lipinski definition) is 8. The van der Waals surface area contributed by atoms with E-state index in [4.69, 9.17) is 16.3 Å². The van der Waals surface area contributed by atoms with E-state index in [9.17, 15) is 27.9 Å². The number of ether oxygens (including phenoxy) is 1. The highest BCUT2D eigenvalue weighted by atomic mass is 79.9. The van der Waals surface area contributed by atoms with Crippen LogP contribution in [0.25, 0.3) is 0 Å². The van der Waals surface area contributed by atoms with E-state index in [1.54, 1.807) is 30.3 Å². The van der Waals surface area contributed by atoms with Crippen LogP contribution in [-0.4, -0.2) is 36.4 Å². The topological polar surface area (TPSA) is 142 Å². The average molecular weight is 729 g/mol. The van der Waals surface area contributed by atoms with Crippen molar-refractivity contribution in [2.75, 3.05) is 10.2 Å². The number of carbonyl (C=O) groups excluding carboxylic acids is 3. The molecule has 1 heterocycles. The first-order chi connectivity index (χ1) is 21.7.